The number of primary amides is 1. The van der Waals surface area contributed by atoms with Crippen LogP contribution in [0, 0.1) is 11.6 Å². The number of carbonyl (C=O) groups excluding carboxylic acids is 2. The Morgan fingerprint density at radius 2 is 1.82 bits per heavy atom. The number of aliphatic hydroxyl groups is 2. The molecule has 0 saturated heterocycles. The van der Waals surface area contributed by atoms with Crippen LogP contribution < -0.4 is 16.4 Å². The van der Waals surface area contributed by atoms with E-state index in [9.17, 15) is 28.6 Å². The number of hydrogen-bond donors (Lipinski definition) is 5. The molecule has 6 N–H and O–H groups in total. The fourth-order valence-corrected chi connectivity index (χ4v) is 4.13. The number of thiophene rings is 1. The first-order chi connectivity index (χ1) is 15.4. The number of amides is 2. The molecule has 0 fully saturated rings. The molecule has 1 atom stereocenters. The van der Waals surface area contributed by atoms with Crippen molar-refractivity contribution in [2.45, 2.75) is 25.6 Å². The van der Waals surface area contributed by atoms with E-state index in [4.69, 9.17) is 5.73 Å². The van der Waals surface area contributed by atoms with Crippen LogP contribution in [0.2, 0.25) is 0 Å². The summed E-state index contributed by atoms with van der Waals surface area (Å²) in [4.78, 5) is 27.9. The Bertz CT molecular complexity index is 1200. The Labute approximate surface area is 192 Å². The minimum Gasteiger partial charge on any atom is -0.386 e. The Kier molecular flexibility index (Phi) is 6.77. The normalized spacial score (nSPS) is 12.3. The number of rotatable bonds is 7. The van der Waals surface area contributed by atoms with E-state index in [1.807, 2.05) is 0 Å². The maximum Gasteiger partial charge on any atom is 0.254 e. The molecule has 0 radical (unpaired) electrons. The highest BCUT2D eigenvalue weighted by molar-refractivity contribution is 7.20. The summed E-state index contributed by atoms with van der Waals surface area (Å²) >= 11 is 0.866. The van der Waals surface area contributed by atoms with E-state index >= 15 is 0 Å². The van der Waals surface area contributed by atoms with E-state index in [0.717, 1.165) is 23.5 Å². The molecule has 1 unspecified atom stereocenters. The van der Waals surface area contributed by atoms with E-state index < -0.39 is 35.2 Å². The number of aliphatic hydroxyl groups excluding tert-OH is 1. The highest BCUT2D eigenvalue weighted by Gasteiger charge is 2.25. The molecule has 174 valence electrons. The average Bonchev–Trinajstić information content (AvgIpc) is 3.15. The van der Waals surface area contributed by atoms with Gasteiger partial charge >= 0.3 is 0 Å². The van der Waals surface area contributed by atoms with Crippen LogP contribution in [0.5, 0.6) is 0 Å². The quantitative estimate of drug-likeness (QED) is 0.356. The van der Waals surface area contributed by atoms with E-state index in [1.54, 1.807) is 0 Å². The topological polar surface area (TPSA) is 138 Å². The van der Waals surface area contributed by atoms with Crippen molar-refractivity contribution in [3.63, 3.8) is 0 Å². The smallest absolute Gasteiger partial charge is 0.254 e. The molecule has 3 aromatic rings. The fraction of sp³-hybridized carbons (Fsp3) is 0.227. The zero-order valence-corrected chi connectivity index (χ0v) is 18.8. The zero-order valence-electron chi connectivity index (χ0n) is 17.9. The minimum atomic E-state index is -1.51. The van der Waals surface area contributed by atoms with Crippen molar-refractivity contribution in [1.82, 2.24) is 10.3 Å². The molecular formula is C22H22F2N4O4S. The maximum absolute atomic E-state index is 14.8. The van der Waals surface area contributed by atoms with Crippen molar-refractivity contribution in [3.8, 4) is 10.4 Å². The minimum absolute atomic E-state index is 0.0283. The van der Waals surface area contributed by atoms with Crippen molar-refractivity contribution >= 4 is 34.0 Å². The third-order valence-electron chi connectivity index (χ3n) is 4.78. The van der Waals surface area contributed by atoms with Crippen LogP contribution in [-0.2, 0) is 10.4 Å². The fourth-order valence-electron chi connectivity index (χ4n) is 3.01. The van der Waals surface area contributed by atoms with Crippen molar-refractivity contribution in [2.75, 3.05) is 12.4 Å². The molecule has 11 heteroatoms. The lowest BCUT2D eigenvalue weighted by Gasteiger charge is -2.18. The van der Waals surface area contributed by atoms with Crippen LogP contribution >= 0.6 is 11.3 Å². The molecule has 0 aliphatic heterocycles. The number of hydrogen-bond acceptors (Lipinski definition) is 7. The Morgan fingerprint density at radius 1 is 1.18 bits per heavy atom. The van der Waals surface area contributed by atoms with Gasteiger partial charge in [-0.25, -0.2) is 13.8 Å². The van der Waals surface area contributed by atoms with Gasteiger partial charge in [0.25, 0.3) is 11.8 Å². The molecule has 0 saturated carbocycles. The van der Waals surface area contributed by atoms with E-state index in [2.05, 4.69) is 15.6 Å². The lowest BCUT2D eigenvalue weighted by atomic mass is 9.96. The number of halogens is 2. The predicted octanol–water partition coefficient (Wildman–Crippen LogP) is 2.94. The largest absolute Gasteiger partial charge is 0.386 e. The third kappa shape index (κ3) is 5.16. The summed E-state index contributed by atoms with van der Waals surface area (Å²) in [6.45, 7) is 2.81. The number of likely N-dealkylation sites (N-methyl/N-ethyl adjacent to an activating group) is 1. The number of pyridine rings is 1. The number of benzene rings is 1. The van der Waals surface area contributed by atoms with Crippen LogP contribution in [-0.4, -0.2) is 34.1 Å². The van der Waals surface area contributed by atoms with Crippen LogP contribution in [0.15, 0.2) is 36.4 Å². The zero-order chi connectivity index (χ0) is 24.5. The van der Waals surface area contributed by atoms with Crippen LogP contribution in [0.25, 0.3) is 10.4 Å². The summed E-state index contributed by atoms with van der Waals surface area (Å²) in [5.74, 6) is -3.15. The summed E-state index contributed by atoms with van der Waals surface area (Å²) in [5, 5.41) is 25.4. The standard InChI is InChI=1S/C22H22F2N4O4S/c1-22(2,32)10-7-12(23)17(13(24)8-10)15-9-11(19(25)30)21(33-15)28-16-6-4-5-14(27-16)18(29)20(31)26-3/h4-9,18,29,32H,1-3H3,(H2,25,30)(H,26,31)(H,27,28). The highest BCUT2D eigenvalue weighted by atomic mass is 32.1. The second-order valence-corrected chi connectivity index (χ2v) is 8.73. The molecule has 0 bridgehead atoms. The number of anilines is 2. The van der Waals surface area contributed by atoms with E-state index in [0.29, 0.717) is 0 Å². The number of nitrogens with two attached hydrogens (primary N) is 1. The SMILES string of the molecule is CNC(=O)C(O)c1cccc(Nc2sc(-c3c(F)cc(C(C)(C)O)cc3F)cc2C(N)=O)n1. The number of nitrogens with zero attached hydrogens (tertiary/aromatic N) is 1. The van der Waals surface area contributed by atoms with Gasteiger partial charge < -0.3 is 26.6 Å². The van der Waals surface area contributed by atoms with Gasteiger partial charge in [-0.1, -0.05) is 6.07 Å². The van der Waals surface area contributed by atoms with Crippen molar-refractivity contribution < 1.29 is 28.6 Å². The van der Waals surface area contributed by atoms with Gasteiger partial charge in [-0.05, 0) is 49.7 Å². The van der Waals surface area contributed by atoms with Gasteiger partial charge in [0.1, 0.15) is 22.5 Å². The van der Waals surface area contributed by atoms with Gasteiger partial charge in [-0.2, -0.15) is 0 Å². The lowest BCUT2D eigenvalue weighted by Crippen LogP contribution is -2.26. The Hall–Kier alpha value is -3.41. The molecule has 33 heavy (non-hydrogen) atoms. The Morgan fingerprint density at radius 3 is 2.36 bits per heavy atom. The van der Waals surface area contributed by atoms with Gasteiger partial charge in [-0.15, -0.1) is 11.3 Å². The highest BCUT2D eigenvalue weighted by Crippen LogP contribution is 2.40. The molecule has 3 rings (SSSR count). The number of nitrogens with one attached hydrogen (secondary N) is 2. The first-order valence-electron chi connectivity index (χ1n) is 9.72. The van der Waals surface area contributed by atoms with E-state index in [-0.39, 0.29) is 38.1 Å². The summed E-state index contributed by atoms with van der Waals surface area (Å²) in [6, 6.07) is 7.80. The summed E-state index contributed by atoms with van der Waals surface area (Å²) < 4.78 is 29.6. The summed E-state index contributed by atoms with van der Waals surface area (Å²) in [6.07, 6.45) is -1.51. The first-order valence-corrected chi connectivity index (χ1v) is 10.5. The van der Waals surface area contributed by atoms with Crippen LogP contribution in [0.1, 0.15) is 41.6 Å². The van der Waals surface area contributed by atoms with Gasteiger partial charge in [0.15, 0.2) is 6.10 Å². The molecule has 0 aliphatic rings. The molecule has 2 amide bonds. The monoisotopic (exact) mass is 476 g/mol. The Balaban J connectivity index is 2.02. The number of carbonyl (C=O) groups is 2. The first kappa shape index (κ1) is 24.2. The molecule has 0 spiro atoms. The van der Waals surface area contributed by atoms with Crippen molar-refractivity contribution in [3.05, 3.63) is 64.9 Å². The van der Waals surface area contributed by atoms with Gasteiger partial charge in [0.05, 0.1) is 22.4 Å². The maximum atomic E-state index is 14.8. The van der Waals surface area contributed by atoms with Crippen LogP contribution in [0.4, 0.5) is 19.6 Å². The van der Waals surface area contributed by atoms with Gasteiger partial charge in [0, 0.05) is 11.9 Å². The lowest BCUT2D eigenvalue weighted by molar-refractivity contribution is -0.129. The van der Waals surface area contributed by atoms with Gasteiger partial charge in [-0.3, -0.25) is 9.59 Å². The predicted molar refractivity (Wildman–Crippen MR) is 120 cm³/mol. The molecular weight excluding hydrogens is 454 g/mol. The van der Waals surface area contributed by atoms with Crippen molar-refractivity contribution in [1.29, 1.82) is 0 Å². The van der Waals surface area contributed by atoms with Crippen LogP contribution in [0.3, 0.4) is 0 Å². The molecule has 2 aromatic heterocycles. The second kappa shape index (κ2) is 9.22. The summed E-state index contributed by atoms with van der Waals surface area (Å²) in [5.41, 5.74) is 3.71. The summed E-state index contributed by atoms with van der Waals surface area (Å²) in [7, 11) is 1.37. The average molecular weight is 477 g/mol. The molecule has 0 aliphatic carbocycles. The van der Waals surface area contributed by atoms with E-state index in [1.165, 1.54) is 45.2 Å². The number of aromatic nitrogens is 1. The second-order valence-electron chi connectivity index (χ2n) is 7.68. The molecule has 8 nitrogen and oxygen atoms in total. The van der Waals surface area contributed by atoms with Gasteiger partial charge in [0.2, 0.25) is 0 Å². The molecule has 1 aromatic carbocycles. The molecule has 2 heterocycles. The third-order valence-corrected chi connectivity index (χ3v) is 5.85. The van der Waals surface area contributed by atoms with Crippen molar-refractivity contribution in [2.24, 2.45) is 5.73 Å².